The number of alkyl halides is 3. The van der Waals surface area contributed by atoms with Gasteiger partial charge in [0, 0.05) is 18.0 Å². The molecule has 176 valence electrons. The number of methoxy groups -OCH3 is 2. The number of hydrogen-bond donors (Lipinski definition) is 1. The fourth-order valence-corrected chi connectivity index (χ4v) is 6.44. The fraction of sp³-hybridized carbons (Fsp3) is 0.478. The average molecular weight is 472 g/mol. The highest BCUT2D eigenvalue weighted by molar-refractivity contribution is 7.91. The second-order valence-electron chi connectivity index (χ2n) is 8.09. The molecule has 0 fully saturated rings. The Morgan fingerprint density at radius 3 is 2.28 bits per heavy atom. The minimum atomic E-state index is -4.29. The first-order chi connectivity index (χ1) is 15.0. The van der Waals surface area contributed by atoms with Crippen LogP contribution in [0.1, 0.15) is 49.8 Å². The molecule has 0 saturated heterocycles. The Morgan fingerprint density at radius 2 is 1.72 bits per heavy atom. The van der Waals surface area contributed by atoms with Gasteiger partial charge in [-0.15, -0.1) is 0 Å². The second kappa shape index (κ2) is 9.31. The minimum Gasteiger partial charge on any atom is -0.493 e. The van der Waals surface area contributed by atoms with Crippen LogP contribution in [0.5, 0.6) is 11.5 Å². The molecule has 1 N–H and O–H groups in total. The van der Waals surface area contributed by atoms with Crippen molar-refractivity contribution >= 4 is 9.84 Å². The number of sulfone groups is 1. The number of rotatable bonds is 7. The summed E-state index contributed by atoms with van der Waals surface area (Å²) in [6, 6.07) is 11.8. The van der Waals surface area contributed by atoms with Gasteiger partial charge in [-0.25, -0.2) is 8.42 Å². The summed E-state index contributed by atoms with van der Waals surface area (Å²) < 4.78 is 76.2. The lowest BCUT2D eigenvalue weighted by Gasteiger charge is -2.36. The molecule has 9 heteroatoms. The first-order valence-corrected chi connectivity index (χ1v) is 12.1. The third-order valence-corrected chi connectivity index (χ3v) is 7.96. The lowest BCUT2D eigenvalue weighted by Crippen LogP contribution is -2.50. The van der Waals surface area contributed by atoms with Crippen molar-refractivity contribution in [3.8, 4) is 11.5 Å². The van der Waals surface area contributed by atoms with Gasteiger partial charge in [-0.05, 0) is 36.5 Å². The Bertz CT molecular complexity index is 1040. The standard InChI is InChI=1S/C23H28F3NO4S/c1-4-22(11-8-12-23(24,25)26)15-32(28,29)20-14-19(31-3)18(30-2)13-17(20)21(27-22)16-9-6-5-7-10-16/h5-7,9-10,13-14,21,27H,4,8,11-12,15H2,1-3H3/t21-,22-/m0/s1. The highest BCUT2D eigenvalue weighted by atomic mass is 32.2. The van der Waals surface area contributed by atoms with Gasteiger partial charge < -0.3 is 9.47 Å². The van der Waals surface area contributed by atoms with Crippen LogP contribution in [-0.2, 0) is 9.84 Å². The Kier molecular flexibility index (Phi) is 7.09. The van der Waals surface area contributed by atoms with Gasteiger partial charge in [-0.2, -0.15) is 13.2 Å². The van der Waals surface area contributed by atoms with Crippen molar-refractivity contribution in [2.75, 3.05) is 20.0 Å². The SMILES string of the molecule is CC[C@]1(CCCC(F)(F)F)CS(=O)(=O)c2cc(OC)c(OC)cc2[C@H](c2ccccc2)N1. The van der Waals surface area contributed by atoms with Crippen LogP contribution in [0.4, 0.5) is 13.2 Å². The maximum atomic E-state index is 13.5. The molecule has 1 aliphatic rings. The van der Waals surface area contributed by atoms with E-state index in [2.05, 4.69) is 5.32 Å². The van der Waals surface area contributed by atoms with E-state index < -0.39 is 34.0 Å². The Balaban J connectivity index is 2.17. The molecule has 0 bridgehead atoms. The van der Waals surface area contributed by atoms with Crippen LogP contribution in [0.25, 0.3) is 0 Å². The van der Waals surface area contributed by atoms with Crippen LogP contribution in [0.2, 0.25) is 0 Å². The zero-order chi connectivity index (χ0) is 23.6. The number of halogens is 3. The van der Waals surface area contributed by atoms with Crippen molar-refractivity contribution in [1.82, 2.24) is 5.32 Å². The van der Waals surface area contributed by atoms with Gasteiger partial charge in [0.15, 0.2) is 21.3 Å². The highest BCUT2D eigenvalue weighted by Gasteiger charge is 2.43. The van der Waals surface area contributed by atoms with Crippen molar-refractivity contribution in [1.29, 1.82) is 0 Å². The Morgan fingerprint density at radius 1 is 1.09 bits per heavy atom. The maximum Gasteiger partial charge on any atom is 0.389 e. The van der Waals surface area contributed by atoms with Gasteiger partial charge in [0.25, 0.3) is 0 Å². The molecule has 5 nitrogen and oxygen atoms in total. The molecular formula is C23H28F3NO4S. The van der Waals surface area contributed by atoms with Crippen LogP contribution < -0.4 is 14.8 Å². The number of hydrogen-bond acceptors (Lipinski definition) is 5. The van der Waals surface area contributed by atoms with Crippen LogP contribution in [0.3, 0.4) is 0 Å². The zero-order valence-electron chi connectivity index (χ0n) is 18.3. The molecule has 3 rings (SSSR count). The molecule has 0 saturated carbocycles. The topological polar surface area (TPSA) is 64.6 Å². The predicted octanol–water partition coefficient (Wildman–Crippen LogP) is 5.05. The molecular weight excluding hydrogens is 443 g/mol. The van der Waals surface area contributed by atoms with Crippen molar-refractivity contribution < 1.29 is 31.1 Å². The molecule has 0 unspecified atom stereocenters. The van der Waals surface area contributed by atoms with Crippen LogP contribution in [-0.4, -0.2) is 40.1 Å². The molecule has 0 aromatic heterocycles. The smallest absolute Gasteiger partial charge is 0.389 e. The predicted molar refractivity (Wildman–Crippen MR) is 116 cm³/mol. The third kappa shape index (κ3) is 5.20. The monoisotopic (exact) mass is 471 g/mol. The molecule has 32 heavy (non-hydrogen) atoms. The van der Waals surface area contributed by atoms with E-state index in [9.17, 15) is 21.6 Å². The summed E-state index contributed by atoms with van der Waals surface area (Å²) in [7, 11) is -0.951. The molecule has 2 aromatic carbocycles. The average Bonchev–Trinajstić information content (AvgIpc) is 2.84. The van der Waals surface area contributed by atoms with E-state index in [0.29, 0.717) is 17.7 Å². The minimum absolute atomic E-state index is 0.0772. The van der Waals surface area contributed by atoms with E-state index in [1.807, 2.05) is 30.3 Å². The van der Waals surface area contributed by atoms with Crippen molar-refractivity contribution in [2.45, 2.75) is 55.3 Å². The van der Waals surface area contributed by atoms with Gasteiger partial charge in [0.05, 0.1) is 30.9 Å². The Labute approximate surface area is 186 Å². The fourth-order valence-electron chi connectivity index (χ4n) is 4.30. The number of benzene rings is 2. The zero-order valence-corrected chi connectivity index (χ0v) is 19.1. The van der Waals surface area contributed by atoms with Gasteiger partial charge in [0.2, 0.25) is 0 Å². The molecule has 2 atom stereocenters. The van der Waals surface area contributed by atoms with Crippen LogP contribution >= 0.6 is 0 Å². The quantitative estimate of drug-likeness (QED) is 0.612. The maximum absolute atomic E-state index is 13.5. The van der Waals surface area contributed by atoms with E-state index >= 15 is 0 Å². The van der Waals surface area contributed by atoms with E-state index in [1.165, 1.54) is 20.3 Å². The molecule has 2 aromatic rings. The van der Waals surface area contributed by atoms with Gasteiger partial charge in [0.1, 0.15) is 0 Å². The Hall–Kier alpha value is -2.26. The summed E-state index contributed by atoms with van der Waals surface area (Å²) >= 11 is 0. The molecule has 0 aliphatic carbocycles. The van der Waals surface area contributed by atoms with Crippen molar-refractivity contribution in [3.05, 3.63) is 53.6 Å². The first kappa shape index (κ1) is 24.4. The summed E-state index contributed by atoms with van der Waals surface area (Å²) in [5.41, 5.74) is 0.274. The highest BCUT2D eigenvalue weighted by Crippen LogP contribution is 2.43. The van der Waals surface area contributed by atoms with Gasteiger partial charge >= 0.3 is 6.18 Å². The van der Waals surface area contributed by atoms with E-state index in [-0.39, 0.29) is 29.2 Å². The van der Waals surface area contributed by atoms with Crippen LogP contribution in [0, 0.1) is 0 Å². The van der Waals surface area contributed by atoms with Gasteiger partial charge in [-0.3, -0.25) is 5.32 Å². The summed E-state index contributed by atoms with van der Waals surface area (Å²) in [4.78, 5) is 0.0997. The normalized spacial score (nSPS) is 22.6. The number of nitrogens with one attached hydrogen (secondary N) is 1. The first-order valence-electron chi connectivity index (χ1n) is 10.4. The molecule has 0 amide bonds. The van der Waals surface area contributed by atoms with Gasteiger partial charge in [-0.1, -0.05) is 37.3 Å². The third-order valence-electron chi connectivity index (χ3n) is 6.00. The molecule has 1 heterocycles. The number of fused-ring (bicyclic) bond motifs is 1. The molecule has 1 aliphatic heterocycles. The van der Waals surface area contributed by atoms with Crippen LogP contribution in [0.15, 0.2) is 47.4 Å². The summed E-state index contributed by atoms with van der Waals surface area (Å²) in [6.45, 7) is 1.80. The lowest BCUT2D eigenvalue weighted by atomic mass is 9.88. The van der Waals surface area contributed by atoms with Crippen molar-refractivity contribution in [3.63, 3.8) is 0 Å². The number of ether oxygens (including phenoxy) is 2. The van der Waals surface area contributed by atoms with E-state index in [1.54, 1.807) is 13.0 Å². The molecule has 0 spiro atoms. The van der Waals surface area contributed by atoms with Crippen molar-refractivity contribution in [2.24, 2.45) is 0 Å². The van der Waals surface area contributed by atoms with E-state index in [0.717, 1.165) is 5.56 Å². The summed E-state index contributed by atoms with van der Waals surface area (Å²) in [6.07, 6.45) is -4.98. The second-order valence-corrected chi connectivity index (χ2v) is 10.1. The summed E-state index contributed by atoms with van der Waals surface area (Å²) in [5, 5.41) is 3.44. The van der Waals surface area contributed by atoms with E-state index in [4.69, 9.17) is 9.47 Å². The lowest BCUT2D eigenvalue weighted by molar-refractivity contribution is -0.136. The largest absolute Gasteiger partial charge is 0.493 e. The summed E-state index contributed by atoms with van der Waals surface area (Å²) in [5.74, 6) is 0.355. The molecule has 0 radical (unpaired) electrons.